The van der Waals surface area contributed by atoms with Crippen LogP contribution in [0.2, 0.25) is 0 Å². The topological polar surface area (TPSA) is 96.2 Å². The number of hydrogen-bond acceptors (Lipinski definition) is 7. The van der Waals surface area contributed by atoms with E-state index in [9.17, 15) is 0 Å². The van der Waals surface area contributed by atoms with Gasteiger partial charge in [0.15, 0.2) is 11.4 Å². The van der Waals surface area contributed by atoms with Gasteiger partial charge in [0.2, 0.25) is 5.89 Å². The number of hydrogen-bond donors (Lipinski definition) is 0. The van der Waals surface area contributed by atoms with Crippen LogP contribution in [-0.4, -0.2) is 41.0 Å². The van der Waals surface area contributed by atoms with Crippen LogP contribution < -0.4 is 4.74 Å². The van der Waals surface area contributed by atoms with Crippen molar-refractivity contribution in [1.82, 2.24) is 34.3 Å². The van der Waals surface area contributed by atoms with Crippen LogP contribution in [0.15, 0.2) is 22.7 Å². The summed E-state index contributed by atoms with van der Waals surface area (Å²) in [5.74, 6) is 3.85. The van der Waals surface area contributed by atoms with Gasteiger partial charge in [-0.25, -0.2) is 14.6 Å². The molecular formula is C22H27N7O2. The monoisotopic (exact) mass is 421 g/mol. The summed E-state index contributed by atoms with van der Waals surface area (Å²) in [7, 11) is 0. The van der Waals surface area contributed by atoms with E-state index >= 15 is 0 Å². The summed E-state index contributed by atoms with van der Waals surface area (Å²) in [6, 6.07) is 3.94. The Hall–Kier alpha value is -3.23. The molecule has 4 aromatic heterocycles. The number of aromatic nitrogens is 7. The lowest BCUT2D eigenvalue weighted by atomic mass is 9.90. The first-order chi connectivity index (χ1) is 15.1. The largest absolute Gasteiger partial charge is 0.489 e. The van der Waals surface area contributed by atoms with E-state index in [-0.39, 0.29) is 0 Å². The van der Waals surface area contributed by atoms with Gasteiger partial charge in [-0.3, -0.25) is 4.40 Å². The molecule has 31 heavy (non-hydrogen) atoms. The summed E-state index contributed by atoms with van der Waals surface area (Å²) >= 11 is 0. The highest BCUT2D eigenvalue weighted by molar-refractivity contribution is 5.65. The first-order valence-corrected chi connectivity index (χ1v) is 10.9. The van der Waals surface area contributed by atoms with Gasteiger partial charge in [-0.1, -0.05) is 19.3 Å². The molecule has 1 aliphatic carbocycles. The van der Waals surface area contributed by atoms with Gasteiger partial charge < -0.3 is 9.15 Å². The van der Waals surface area contributed by atoms with Crippen molar-refractivity contribution in [3.05, 3.63) is 41.6 Å². The molecule has 162 valence electrons. The molecule has 0 bridgehead atoms. The molecule has 0 amide bonds. The molecule has 0 spiro atoms. The number of fused-ring (bicyclic) bond motifs is 1. The SMILES string of the molecule is Cc1nc(C)n(Cc2nnc(-c3c(C)nc4c(OCC5CCCCC5)cccn34)o2)n1. The Morgan fingerprint density at radius 3 is 2.71 bits per heavy atom. The third kappa shape index (κ3) is 3.92. The molecule has 0 aliphatic heterocycles. The van der Waals surface area contributed by atoms with Crippen molar-refractivity contribution < 1.29 is 9.15 Å². The Bertz CT molecular complexity index is 1200. The molecule has 4 aromatic rings. The minimum Gasteiger partial charge on any atom is -0.489 e. The minimum atomic E-state index is 0.380. The summed E-state index contributed by atoms with van der Waals surface area (Å²) in [4.78, 5) is 9.06. The zero-order valence-corrected chi connectivity index (χ0v) is 18.2. The molecule has 4 heterocycles. The molecule has 0 saturated heterocycles. The lowest BCUT2D eigenvalue weighted by molar-refractivity contribution is 0.210. The van der Waals surface area contributed by atoms with Crippen molar-refractivity contribution in [2.75, 3.05) is 6.61 Å². The summed E-state index contributed by atoms with van der Waals surface area (Å²) in [5, 5.41) is 12.8. The van der Waals surface area contributed by atoms with E-state index in [1.807, 2.05) is 43.5 Å². The zero-order chi connectivity index (χ0) is 21.4. The van der Waals surface area contributed by atoms with Gasteiger partial charge in [0.1, 0.15) is 23.9 Å². The van der Waals surface area contributed by atoms with E-state index in [0.717, 1.165) is 41.0 Å². The predicted octanol–water partition coefficient (Wildman–Crippen LogP) is 3.91. The quantitative estimate of drug-likeness (QED) is 0.466. The third-order valence-corrected chi connectivity index (χ3v) is 5.90. The normalized spacial score (nSPS) is 15.1. The van der Waals surface area contributed by atoms with E-state index in [4.69, 9.17) is 14.1 Å². The summed E-state index contributed by atoms with van der Waals surface area (Å²) in [6.07, 6.45) is 8.40. The van der Waals surface area contributed by atoms with Gasteiger partial charge in [-0.2, -0.15) is 5.10 Å². The molecule has 9 heteroatoms. The molecule has 0 atom stereocenters. The Morgan fingerprint density at radius 2 is 1.94 bits per heavy atom. The fourth-order valence-corrected chi connectivity index (χ4v) is 4.34. The standard InChI is InChI=1S/C22H27N7O2/c1-14-20(22-26-25-19(31-22)12-29-16(3)24-15(2)27-29)28-11-7-10-18(21(28)23-14)30-13-17-8-5-4-6-9-17/h7,10-11,17H,4-6,8-9,12-13H2,1-3H3. The zero-order valence-electron chi connectivity index (χ0n) is 18.2. The second-order valence-corrected chi connectivity index (χ2v) is 8.29. The average Bonchev–Trinajstić information content (AvgIpc) is 3.44. The second-order valence-electron chi connectivity index (χ2n) is 8.29. The number of imidazole rings is 1. The smallest absolute Gasteiger partial charge is 0.266 e. The van der Waals surface area contributed by atoms with E-state index < -0.39 is 0 Å². The van der Waals surface area contributed by atoms with Crippen LogP contribution in [0, 0.1) is 26.7 Å². The van der Waals surface area contributed by atoms with E-state index in [1.165, 1.54) is 32.1 Å². The summed E-state index contributed by atoms with van der Waals surface area (Å²) < 4.78 is 15.9. The van der Waals surface area contributed by atoms with Crippen molar-refractivity contribution in [2.24, 2.45) is 5.92 Å². The molecule has 1 aliphatic rings. The van der Waals surface area contributed by atoms with Crippen molar-refractivity contribution in [3.63, 3.8) is 0 Å². The Kier molecular flexibility index (Phi) is 5.17. The molecule has 9 nitrogen and oxygen atoms in total. The van der Waals surface area contributed by atoms with Crippen LogP contribution >= 0.6 is 0 Å². The van der Waals surface area contributed by atoms with Gasteiger partial charge in [0.25, 0.3) is 5.89 Å². The maximum Gasteiger partial charge on any atom is 0.266 e. The van der Waals surface area contributed by atoms with Crippen LogP contribution in [0.5, 0.6) is 5.75 Å². The maximum atomic E-state index is 6.19. The lowest BCUT2D eigenvalue weighted by Gasteiger charge is -2.21. The number of nitrogens with zero attached hydrogens (tertiary/aromatic N) is 7. The lowest BCUT2D eigenvalue weighted by Crippen LogP contribution is -2.15. The van der Waals surface area contributed by atoms with Crippen molar-refractivity contribution in [3.8, 4) is 17.3 Å². The van der Waals surface area contributed by atoms with Crippen LogP contribution in [0.3, 0.4) is 0 Å². The van der Waals surface area contributed by atoms with Crippen LogP contribution in [0.25, 0.3) is 17.2 Å². The fourth-order valence-electron chi connectivity index (χ4n) is 4.34. The van der Waals surface area contributed by atoms with Gasteiger partial charge >= 0.3 is 0 Å². The highest BCUT2D eigenvalue weighted by atomic mass is 16.5. The van der Waals surface area contributed by atoms with Gasteiger partial charge in [-0.15, -0.1) is 10.2 Å². The minimum absolute atomic E-state index is 0.380. The van der Waals surface area contributed by atoms with Crippen molar-refractivity contribution >= 4 is 5.65 Å². The molecule has 0 unspecified atom stereocenters. The highest BCUT2D eigenvalue weighted by Crippen LogP contribution is 2.30. The first kappa shape index (κ1) is 19.7. The molecule has 0 radical (unpaired) electrons. The van der Waals surface area contributed by atoms with Gasteiger partial charge in [0, 0.05) is 6.20 Å². The Morgan fingerprint density at radius 1 is 1.10 bits per heavy atom. The molecule has 0 N–H and O–H groups in total. The second kappa shape index (κ2) is 8.13. The van der Waals surface area contributed by atoms with Crippen LogP contribution in [-0.2, 0) is 6.54 Å². The molecule has 1 fully saturated rings. The van der Waals surface area contributed by atoms with E-state index in [1.54, 1.807) is 4.68 Å². The number of ether oxygens (including phenoxy) is 1. The molecule has 0 aromatic carbocycles. The fraction of sp³-hybridized carbons (Fsp3) is 0.500. The van der Waals surface area contributed by atoms with Gasteiger partial charge in [-0.05, 0) is 51.7 Å². The highest BCUT2D eigenvalue weighted by Gasteiger charge is 2.21. The number of rotatable bonds is 6. The van der Waals surface area contributed by atoms with E-state index in [0.29, 0.717) is 24.2 Å². The Labute approximate surface area is 180 Å². The maximum absolute atomic E-state index is 6.19. The Balaban J connectivity index is 1.41. The predicted molar refractivity (Wildman–Crippen MR) is 114 cm³/mol. The van der Waals surface area contributed by atoms with Gasteiger partial charge in [0.05, 0.1) is 12.3 Å². The summed E-state index contributed by atoms with van der Waals surface area (Å²) in [5.41, 5.74) is 2.37. The number of pyridine rings is 1. The molecular weight excluding hydrogens is 394 g/mol. The molecule has 1 saturated carbocycles. The third-order valence-electron chi connectivity index (χ3n) is 5.90. The van der Waals surface area contributed by atoms with Crippen LogP contribution in [0.1, 0.15) is 55.3 Å². The van der Waals surface area contributed by atoms with Crippen LogP contribution in [0.4, 0.5) is 0 Å². The van der Waals surface area contributed by atoms with Crippen molar-refractivity contribution in [2.45, 2.75) is 59.4 Å². The first-order valence-electron chi connectivity index (χ1n) is 10.9. The number of aryl methyl sites for hydroxylation is 3. The molecule has 5 rings (SSSR count). The summed E-state index contributed by atoms with van der Waals surface area (Å²) in [6.45, 7) is 6.83. The van der Waals surface area contributed by atoms with E-state index in [2.05, 4.69) is 20.3 Å². The average molecular weight is 422 g/mol. The van der Waals surface area contributed by atoms with Crippen molar-refractivity contribution in [1.29, 1.82) is 0 Å².